The van der Waals surface area contributed by atoms with Gasteiger partial charge in [0.15, 0.2) is 5.96 Å². The van der Waals surface area contributed by atoms with Crippen molar-refractivity contribution in [1.82, 2.24) is 10.6 Å². The van der Waals surface area contributed by atoms with Gasteiger partial charge in [-0.15, -0.1) is 24.0 Å². The molecule has 0 aliphatic carbocycles. The average Bonchev–Trinajstić information content (AvgIpc) is 3.21. The molecule has 25 heavy (non-hydrogen) atoms. The smallest absolute Gasteiger partial charge is 0.191 e. The summed E-state index contributed by atoms with van der Waals surface area (Å²) in [5.74, 6) is 2.90. The fraction of sp³-hybridized carbons (Fsp3) is 0.500. The quantitative estimate of drug-likeness (QED) is 0.320. The molecule has 2 heterocycles. The van der Waals surface area contributed by atoms with Crippen molar-refractivity contribution in [1.29, 1.82) is 0 Å². The molecule has 0 radical (unpaired) electrons. The first kappa shape index (κ1) is 21.6. The van der Waals surface area contributed by atoms with Crippen LogP contribution in [0.4, 0.5) is 0 Å². The molecule has 0 bridgehead atoms. The van der Waals surface area contributed by atoms with Crippen LogP contribution in [0.5, 0.6) is 0 Å². The molecule has 2 aromatic heterocycles. The van der Waals surface area contributed by atoms with Crippen molar-refractivity contribution in [3.63, 3.8) is 0 Å². The van der Waals surface area contributed by atoms with Crippen LogP contribution in [0.15, 0.2) is 44.4 Å². The molecule has 6 nitrogen and oxygen atoms in total. The summed E-state index contributed by atoms with van der Waals surface area (Å²) in [4.78, 5) is 4.49. The summed E-state index contributed by atoms with van der Waals surface area (Å²) >= 11 is 0. The van der Waals surface area contributed by atoms with Crippen molar-refractivity contribution in [2.45, 2.75) is 39.2 Å². The second-order valence-corrected chi connectivity index (χ2v) is 6.03. The van der Waals surface area contributed by atoms with Crippen LogP contribution in [-0.2, 0) is 12.0 Å². The summed E-state index contributed by atoms with van der Waals surface area (Å²) in [6.07, 6.45) is 3.43. The Morgan fingerprint density at radius 3 is 2.60 bits per heavy atom. The number of hydrogen-bond donors (Lipinski definition) is 3. The first-order valence-electron chi connectivity index (χ1n) is 8.35. The van der Waals surface area contributed by atoms with Crippen LogP contribution in [0.2, 0.25) is 0 Å². The van der Waals surface area contributed by atoms with E-state index in [-0.39, 0.29) is 30.5 Å². The Hall–Kier alpha value is -1.48. The minimum atomic E-state index is -1.14. The molecular weight excluding hydrogens is 433 g/mol. The third-order valence-corrected chi connectivity index (χ3v) is 3.60. The second kappa shape index (κ2) is 10.5. The third kappa shape index (κ3) is 7.11. The van der Waals surface area contributed by atoms with E-state index in [0.717, 1.165) is 30.9 Å². The van der Waals surface area contributed by atoms with E-state index in [0.29, 0.717) is 18.3 Å². The van der Waals surface area contributed by atoms with Gasteiger partial charge in [-0.3, -0.25) is 0 Å². The Morgan fingerprint density at radius 2 is 2.00 bits per heavy atom. The molecule has 140 valence electrons. The minimum absolute atomic E-state index is 0. The van der Waals surface area contributed by atoms with Crippen LogP contribution < -0.4 is 10.6 Å². The summed E-state index contributed by atoms with van der Waals surface area (Å²) < 4.78 is 10.8. The van der Waals surface area contributed by atoms with Gasteiger partial charge in [0.2, 0.25) is 0 Å². The Morgan fingerprint density at radius 1 is 1.24 bits per heavy atom. The van der Waals surface area contributed by atoms with Gasteiger partial charge in [-0.25, -0.2) is 4.99 Å². The number of rotatable bonds is 8. The average molecular weight is 461 g/mol. The van der Waals surface area contributed by atoms with Crippen LogP contribution in [0.1, 0.15) is 37.5 Å². The molecule has 0 aliphatic rings. The Labute approximate surface area is 166 Å². The number of furan rings is 2. The maximum Gasteiger partial charge on any atom is 0.191 e. The summed E-state index contributed by atoms with van der Waals surface area (Å²) in [5, 5.41) is 17.1. The van der Waals surface area contributed by atoms with E-state index >= 15 is 0 Å². The predicted molar refractivity (Wildman–Crippen MR) is 109 cm³/mol. The molecule has 2 rings (SSSR count). The van der Waals surface area contributed by atoms with E-state index in [4.69, 9.17) is 8.83 Å². The Balaban J connectivity index is 0.00000312. The summed E-state index contributed by atoms with van der Waals surface area (Å²) in [5.41, 5.74) is -1.14. The lowest BCUT2D eigenvalue weighted by Crippen LogP contribution is -2.40. The Kier molecular flexibility index (Phi) is 9.05. The molecule has 1 unspecified atom stereocenters. The number of nitrogens with one attached hydrogen (secondary N) is 2. The van der Waals surface area contributed by atoms with Gasteiger partial charge in [0.25, 0.3) is 0 Å². The van der Waals surface area contributed by atoms with E-state index < -0.39 is 5.60 Å². The molecule has 7 heteroatoms. The number of aryl methyl sites for hydroxylation is 1. The van der Waals surface area contributed by atoms with E-state index in [1.807, 2.05) is 25.1 Å². The van der Waals surface area contributed by atoms with Gasteiger partial charge in [-0.05, 0) is 44.5 Å². The van der Waals surface area contributed by atoms with Crippen LogP contribution in [0, 0.1) is 6.92 Å². The van der Waals surface area contributed by atoms with Crippen molar-refractivity contribution in [3.8, 4) is 0 Å². The van der Waals surface area contributed by atoms with Gasteiger partial charge >= 0.3 is 0 Å². The van der Waals surface area contributed by atoms with Crippen LogP contribution in [-0.4, -0.2) is 30.7 Å². The highest BCUT2D eigenvalue weighted by Crippen LogP contribution is 2.22. The molecular formula is C18H28IN3O3. The van der Waals surface area contributed by atoms with E-state index in [1.165, 1.54) is 0 Å². The minimum Gasteiger partial charge on any atom is -0.469 e. The van der Waals surface area contributed by atoms with Gasteiger partial charge in [0, 0.05) is 19.5 Å². The van der Waals surface area contributed by atoms with Gasteiger partial charge in [-0.2, -0.15) is 0 Å². The highest BCUT2D eigenvalue weighted by molar-refractivity contribution is 14.0. The first-order chi connectivity index (χ1) is 11.5. The first-order valence-corrected chi connectivity index (χ1v) is 8.35. The lowest BCUT2D eigenvalue weighted by Gasteiger charge is -2.19. The number of guanidine groups is 1. The van der Waals surface area contributed by atoms with E-state index in [2.05, 4.69) is 22.5 Å². The zero-order valence-electron chi connectivity index (χ0n) is 15.0. The van der Waals surface area contributed by atoms with Crippen molar-refractivity contribution in [3.05, 3.63) is 47.8 Å². The molecule has 0 saturated carbocycles. The fourth-order valence-corrected chi connectivity index (χ4v) is 2.21. The summed E-state index contributed by atoms with van der Waals surface area (Å²) in [6, 6.07) is 7.45. The standard InChI is InChI=1S/C18H27N3O3.HI/c1-4-10-19-17(20-11-9-15-6-5-12-23-15)21-13-18(3,22)16-8-7-14(2)24-16;/h5-8,12,22H,4,9-11,13H2,1-3H3,(H2,19,20,21);1H. The van der Waals surface area contributed by atoms with Crippen LogP contribution in [0.25, 0.3) is 0 Å². The molecule has 0 aliphatic heterocycles. The lowest BCUT2D eigenvalue weighted by atomic mass is 10.0. The predicted octanol–water partition coefficient (Wildman–Crippen LogP) is 3.19. The fourth-order valence-electron chi connectivity index (χ4n) is 2.21. The monoisotopic (exact) mass is 461 g/mol. The largest absolute Gasteiger partial charge is 0.469 e. The number of nitrogens with zero attached hydrogens (tertiary/aromatic N) is 1. The van der Waals surface area contributed by atoms with Gasteiger partial charge in [0.05, 0.1) is 12.8 Å². The zero-order valence-corrected chi connectivity index (χ0v) is 17.4. The van der Waals surface area contributed by atoms with Crippen molar-refractivity contribution >= 4 is 29.9 Å². The molecule has 0 amide bonds. The second-order valence-electron chi connectivity index (χ2n) is 6.03. The molecule has 1 atom stereocenters. The Bertz CT molecular complexity index is 636. The zero-order chi connectivity index (χ0) is 17.4. The van der Waals surface area contributed by atoms with Crippen molar-refractivity contribution in [2.75, 3.05) is 19.6 Å². The molecule has 0 fully saturated rings. The number of aliphatic hydroxyl groups is 1. The number of hydrogen-bond acceptors (Lipinski definition) is 4. The van der Waals surface area contributed by atoms with Gasteiger partial charge < -0.3 is 24.6 Å². The third-order valence-electron chi connectivity index (χ3n) is 3.60. The van der Waals surface area contributed by atoms with Crippen molar-refractivity contribution in [2.24, 2.45) is 4.99 Å². The molecule has 0 aromatic carbocycles. The van der Waals surface area contributed by atoms with Gasteiger partial charge in [0.1, 0.15) is 22.9 Å². The van der Waals surface area contributed by atoms with E-state index in [9.17, 15) is 5.11 Å². The topological polar surface area (TPSA) is 82.9 Å². The van der Waals surface area contributed by atoms with Crippen LogP contribution in [0.3, 0.4) is 0 Å². The molecule has 2 aromatic rings. The van der Waals surface area contributed by atoms with Crippen LogP contribution >= 0.6 is 24.0 Å². The number of aliphatic imine (C=N–C) groups is 1. The number of halogens is 1. The molecule has 3 N–H and O–H groups in total. The molecule has 0 spiro atoms. The maximum absolute atomic E-state index is 10.6. The van der Waals surface area contributed by atoms with Crippen molar-refractivity contribution < 1.29 is 13.9 Å². The highest BCUT2D eigenvalue weighted by atomic mass is 127. The maximum atomic E-state index is 10.6. The SMILES string of the molecule is CCCNC(=NCC(C)(O)c1ccc(C)o1)NCCc1ccco1.I. The molecule has 0 saturated heterocycles. The normalized spacial score (nSPS) is 13.8. The summed E-state index contributed by atoms with van der Waals surface area (Å²) in [7, 11) is 0. The summed E-state index contributed by atoms with van der Waals surface area (Å²) in [6.45, 7) is 7.37. The van der Waals surface area contributed by atoms with Gasteiger partial charge in [-0.1, -0.05) is 6.92 Å². The van der Waals surface area contributed by atoms with E-state index in [1.54, 1.807) is 19.3 Å². The lowest BCUT2D eigenvalue weighted by molar-refractivity contribution is 0.0428. The highest BCUT2D eigenvalue weighted by Gasteiger charge is 2.26.